The van der Waals surface area contributed by atoms with Crippen LogP contribution in [0.5, 0.6) is 0 Å². The number of hydrogen-bond acceptors (Lipinski definition) is 3. The zero-order valence-electron chi connectivity index (χ0n) is 11.8. The molecule has 1 unspecified atom stereocenters. The van der Waals surface area contributed by atoms with E-state index in [9.17, 15) is 18.0 Å². The Morgan fingerprint density at radius 2 is 2.10 bits per heavy atom. The van der Waals surface area contributed by atoms with Gasteiger partial charge in [-0.3, -0.25) is 0 Å². The van der Waals surface area contributed by atoms with Crippen LogP contribution < -0.4 is 5.32 Å². The van der Waals surface area contributed by atoms with Crippen LogP contribution in [0.3, 0.4) is 0 Å². The maximum atomic E-state index is 12.7. The van der Waals surface area contributed by atoms with E-state index in [0.29, 0.717) is 12.3 Å². The molecule has 0 spiro atoms. The van der Waals surface area contributed by atoms with Gasteiger partial charge < -0.3 is 15.2 Å². The molecule has 1 rings (SSSR count). The van der Waals surface area contributed by atoms with Crippen LogP contribution in [0.15, 0.2) is 18.2 Å². The molecular formula is C14H18F3NO3. The SMILES string of the molecule is CCCC(COC)Nc1ccc(C(F)(F)F)c(C(=O)O)c1. The maximum Gasteiger partial charge on any atom is 0.417 e. The molecule has 1 atom stereocenters. The molecule has 0 aromatic heterocycles. The van der Waals surface area contributed by atoms with Gasteiger partial charge in [0, 0.05) is 18.8 Å². The van der Waals surface area contributed by atoms with E-state index in [1.807, 2.05) is 6.92 Å². The summed E-state index contributed by atoms with van der Waals surface area (Å²) in [6, 6.07) is 2.93. The zero-order chi connectivity index (χ0) is 16.0. The number of carbonyl (C=O) groups is 1. The number of alkyl halides is 3. The second kappa shape index (κ2) is 7.31. The summed E-state index contributed by atoms with van der Waals surface area (Å²) in [7, 11) is 1.53. The lowest BCUT2D eigenvalue weighted by Crippen LogP contribution is -2.25. The summed E-state index contributed by atoms with van der Waals surface area (Å²) < 4.78 is 43.2. The highest BCUT2D eigenvalue weighted by Crippen LogP contribution is 2.33. The van der Waals surface area contributed by atoms with Crippen molar-refractivity contribution in [2.45, 2.75) is 32.0 Å². The van der Waals surface area contributed by atoms with Crippen LogP contribution in [0.25, 0.3) is 0 Å². The highest BCUT2D eigenvalue weighted by atomic mass is 19.4. The Labute approximate surface area is 120 Å². The lowest BCUT2D eigenvalue weighted by atomic mass is 10.1. The molecule has 21 heavy (non-hydrogen) atoms. The first-order chi connectivity index (χ1) is 9.79. The Hall–Kier alpha value is -1.76. The number of methoxy groups -OCH3 is 1. The van der Waals surface area contributed by atoms with Crippen molar-refractivity contribution in [3.63, 3.8) is 0 Å². The molecule has 0 amide bonds. The fourth-order valence-corrected chi connectivity index (χ4v) is 2.04. The van der Waals surface area contributed by atoms with Crippen LogP contribution >= 0.6 is 0 Å². The maximum absolute atomic E-state index is 12.7. The van der Waals surface area contributed by atoms with Crippen molar-refractivity contribution < 1.29 is 27.8 Å². The van der Waals surface area contributed by atoms with Gasteiger partial charge in [-0.1, -0.05) is 13.3 Å². The van der Waals surface area contributed by atoms with E-state index in [-0.39, 0.29) is 6.04 Å². The molecule has 118 valence electrons. The van der Waals surface area contributed by atoms with Crippen LogP contribution in [-0.4, -0.2) is 30.8 Å². The Morgan fingerprint density at radius 3 is 2.57 bits per heavy atom. The van der Waals surface area contributed by atoms with E-state index in [0.717, 1.165) is 25.0 Å². The van der Waals surface area contributed by atoms with Crippen molar-refractivity contribution in [2.24, 2.45) is 0 Å². The van der Waals surface area contributed by atoms with Crippen LogP contribution in [0.4, 0.5) is 18.9 Å². The number of benzene rings is 1. The van der Waals surface area contributed by atoms with Gasteiger partial charge >= 0.3 is 12.1 Å². The molecule has 0 fully saturated rings. The van der Waals surface area contributed by atoms with Gasteiger partial charge in [0.05, 0.1) is 17.7 Å². The normalized spacial score (nSPS) is 13.0. The first kappa shape index (κ1) is 17.3. The molecule has 0 bridgehead atoms. The molecule has 1 aromatic carbocycles. The molecule has 7 heteroatoms. The van der Waals surface area contributed by atoms with Gasteiger partial charge in [-0.15, -0.1) is 0 Å². The number of carboxylic acids is 1. The minimum atomic E-state index is -4.69. The Bertz CT molecular complexity index is 483. The Balaban J connectivity index is 3.05. The minimum Gasteiger partial charge on any atom is -0.478 e. The monoisotopic (exact) mass is 305 g/mol. The first-order valence-corrected chi connectivity index (χ1v) is 6.49. The second-order valence-corrected chi connectivity index (χ2v) is 4.65. The van der Waals surface area contributed by atoms with E-state index in [2.05, 4.69) is 5.32 Å². The standard InChI is InChI=1S/C14H18F3NO3/c1-3-4-10(8-21-2)18-9-5-6-12(14(15,16)17)11(7-9)13(19)20/h5-7,10,18H,3-4,8H2,1-2H3,(H,19,20). The molecule has 0 aliphatic heterocycles. The summed E-state index contributed by atoms with van der Waals surface area (Å²) in [5.74, 6) is -1.61. The summed E-state index contributed by atoms with van der Waals surface area (Å²) in [4.78, 5) is 11.0. The van der Waals surface area contributed by atoms with Crippen LogP contribution in [-0.2, 0) is 10.9 Å². The van der Waals surface area contributed by atoms with Crippen LogP contribution in [0.2, 0.25) is 0 Å². The van der Waals surface area contributed by atoms with E-state index in [4.69, 9.17) is 9.84 Å². The van der Waals surface area contributed by atoms with Crippen molar-refractivity contribution in [1.29, 1.82) is 0 Å². The van der Waals surface area contributed by atoms with Gasteiger partial charge in [-0.2, -0.15) is 13.2 Å². The molecule has 0 radical (unpaired) electrons. The summed E-state index contributed by atoms with van der Waals surface area (Å²) in [6.45, 7) is 2.36. The average molecular weight is 305 g/mol. The number of hydrogen-bond donors (Lipinski definition) is 2. The van der Waals surface area contributed by atoms with E-state index in [1.165, 1.54) is 13.2 Å². The van der Waals surface area contributed by atoms with Crippen LogP contribution in [0, 0.1) is 0 Å². The zero-order valence-corrected chi connectivity index (χ0v) is 11.8. The van der Waals surface area contributed by atoms with Crippen molar-refractivity contribution in [3.8, 4) is 0 Å². The molecule has 1 aromatic rings. The quantitative estimate of drug-likeness (QED) is 0.807. The summed E-state index contributed by atoms with van der Waals surface area (Å²) >= 11 is 0. The number of nitrogens with one attached hydrogen (secondary N) is 1. The van der Waals surface area contributed by atoms with Crippen molar-refractivity contribution in [2.75, 3.05) is 19.0 Å². The number of aromatic carboxylic acids is 1. The third-order valence-corrected chi connectivity index (χ3v) is 2.93. The Morgan fingerprint density at radius 1 is 1.43 bits per heavy atom. The third-order valence-electron chi connectivity index (χ3n) is 2.93. The minimum absolute atomic E-state index is 0.0848. The molecule has 0 heterocycles. The average Bonchev–Trinajstić information content (AvgIpc) is 2.38. The number of carboxylic acid groups (broad SMARTS) is 1. The van der Waals surface area contributed by atoms with Gasteiger partial charge in [-0.25, -0.2) is 4.79 Å². The molecule has 0 saturated heterocycles. The number of halogens is 3. The van der Waals surface area contributed by atoms with E-state index < -0.39 is 23.3 Å². The summed E-state index contributed by atoms with van der Waals surface area (Å²) in [5, 5.41) is 11.9. The predicted molar refractivity (Wildman–Crippen MR) is 72.6 cm³/mol. The molecule has 0 saturated carbocycles. The number of ether oxygens (including phenoxy) is 1. The van der Waals surface area contributed by atoms with Crippen molar-refractivity contribution in [1.82, 2.24) is 0 Å². The second-order valence-electron chi connectivity index (χ2n) is 4.65. The fourth-order valence-electron chi connectivity index (χ4n) is 2.04. The topological polar surface area (TPSA) is 58.6 Å². The first-order valence-electron chi connectivity index (χ1n) is 6.49. The highest BCUT2D eigenvalue weighted by Gasteiger charge is 2.35. The molecular weight excluding hydrogens is 287 g/mol. The lowest BCUT2D eigenvalue weighted by molar-refractivity contribution is -0.138. The number of rotatable bonds is 7. The smallest absolute Gasteiger partial charge is 0.417 e. The Kier molecular flexibility index (Phi) is 6.02. The fraction of sp³-hybridized carbons (Fsp3) is 0.500. The van der Waals surface area contributed by atoms with E-state index >= 15 is 0 Å². The number of anilines is 1. The largest absolute Gasteiger partial charge is 0.478 e. The predicted octanol–water partition coefficient (Wildman–Crippen LogP) is 3.63. The van der Waals surface area contributed by atoms with Crippen molar-refractivity contribution in [3.05, 3.63) is 29.3 Å². The molecule has 0 aliphatic rings. The lowest BCUT2D eigenvalue weighted by Gasteiger charge is -2.19. The molecule has 2 N–H and O–H groups in total. The van der Waals surface area contributed by atoms with Crippen LogP contribution in [0.1, 0.15) is 35.7 Å². The third kappa shape index (κ3) is 4.93. The van der Waals surface area contributed by atoms with Gasteiger partial charge in [0.1, 0.15) is 0 Å². The van der Waals surface area contributed by atoms with Gasteiger partial charge in [0.2, 0.25) is 0 Å². The molecule has 4 nitrogen and oxygen atoms in total. The van der Waals surface area contributed by atoms with Gasteiger partial charge in [-0.05, 0) is 24.6 Å². The highest BCUT2D eigenvalue weighted by molar-refractivity contribution is 5.91. The summed E-state index contributed by atoms with van der Waals surface area (Å²) in [5.41, 5.74) is -1.59. The van der Waals surface area contributed by atoms with Gasteiger partial charge in [0.25, 0.3) is 0 Å². The summed E-state index contributed by atoms with van der Waals surface area (Å²) in [6.07, 6.45) is -3.06. The van der Waals surface area contributed by atoms with Gasteiger partial charge in [0.15, 0.2) is 0 Å². The van der Waals surface area contributed by atoms with Crippen molar-refractivity contribution >= 4 is 11.7 Å². The van der Waals surface area contributed by atoms with E-state index in [1.54, 1.807) is 0 Å². The molecule has 0 aliphatic carbocycles.